The summed E-state index contributed by atoms with van der Waals surface area (Å²) in [5.41, 5.74) is 1.13. The summed E-state index contributed by atoms with van der Waals surface area (Å²) in [7, 11) is -7.70. The number of urea groups is 1. The monoisotopic (exact) mass is 430 g/mol. The van der Waals surface area contributed by atoms with Gasteiger partial charge in [-0.25, -0.2) is 26.4 Å². The van der Waals surface area contributed by atoms with Crippen LogP contribution in [0.25, 0.3) is 0 Å². The minimum absolute atomic E-state index is 0.0393. The largest absolute Gasteiger partial charge is 0.333 e. The van der Waals surface area contributed by atoms with E-state index in [0.717, 1.165) is 5.56 Å². The number of benzene rings is 3. The summed E-state index contributed by atoms with van der Waals surface area (Å²) in [5.74, 6) is 0. The first-order valence-electron chi connectivity index (χ1n) is 8.49. The fourth-order valence-corrected chi connectivity index (χ4v) is 4.70. The maximum Gasteiger partial charge on any atom is 0.333 e. The number of carbonyl (C=O) groups excluding carboxylic acids is 1. The smallest absolute Gasteiger partial charge is 0.307 e. The van der Waals surface area contributed by atoms with Gasteiger partial charge in [0.1, 0.15) is 0 Å². The number of rotatable bonds is 5. The lowest BCUT2D eigenvalue weighted by atomic mass is 10.2. The van der Waals surface area contributed by atoms with E-state index in [0.29, 0.717) is 0 Å². The Kier molecular flexibility index (Phi) is 5.71. The SMILES string of the molecule is Cc1ccc(S(=O)(=O)NC(=O)Nc2ccc(S(=O)(=O)c3ccccc3)cc2)cc1. The van der Waals surface area contributed by atoms with Crippen LogP contribution in [0.4, 0.5) is 10.5 Å². The van der Waals surface area contributed by atoms with Gasteiger partial charge in [0.15, 0.2) is 0 Å². The fourth-order valence-electron chi connectivity index (χ4n) is 2.51. The Labute approximate surface area is 169 Å². The Bertz CT molecular complexity index is 1220. The maximum atomic E-state index is 12.6. The number of sulfone groups is 1. The predicted molar refractivity (Wildman–Crippen MR) is 109 cm³/mol. The quantitative estimate of drug-likeness (QED) is 0.645. The summed E-state index contributed by atoms with van der Waals surface area (Å²) in [6, 6.07) is 18.5. The van der Waals surface area contributed by atoms with Gasteiger partial charge >= 0.3 is 6.03 Å². The minimum Gasteiger partial charge on any atom is -0.307 e. The highest BCUT2D eigenvalue weighted by Gasteiger charge is 2.19. The van der Waals surface area contributed by atoms with Gasteiger partial charge in [-0.2, -0.15) is 0 Å². The zero-order chi connectivity index (χ0) is 21.1. The molecular weight excluding hydrogens is 412 g/mol. The molecule has 9 heteroatoms. The van der Waals surface area contributed by atoms with Gasteiger partial charge in [0.2, 0.25) is 9.84 Å². The van der Waals surface area contributed by atoms with Crippen molar-refractivity contribution < 1.29 is 21.6 Å². The maximum absolute atomic E-state index is 12.6. The number of anilines is 1. The molecule has 0 aliphatic carbocycles. The van der Waals surface area contributed by atoms with E-state index in [2.05, 4.69) is 5.32 Å². The zero-order valence-electron chi connectivity index (χ0n) is 15.4. The van der Waals surface area contributed by atoms with E-state index in [1.165, 1.54) is 48.5 Å². The second-order valence-corrected chi connectivity index (χ2v) is 9.85. The Balaban J connectivity index is 1.71. The van der Waals surface area contributed by atoms with Gasteiger partial charge < -0.3 is 5.32 Å². The number of aryl methyl sites for hydroxylation is 1. The lowest BCUT2D eigenvalue weighted by Crippen LogP contribution is -2.34. The number of hydrogen-bond acceptors (Lipinski definition) is 5. The van der Waals surface area contributed by atoms with Crippen LogP contribution in [0.15, 0.2) is 93.5 Å². The van der Waals surface area contributed by atoms with E-state index in [1.54, 1.807) is 30.3 Å². The Hall–Kier alpha value is -3.17. The van der Waals surface area contributed by atoms with Gasteiger partial charge in [-0.05, 0) is 55.5 Å². The van der Waals surface area contributed by atoms with Gasteiger partial charge in [0.25, 0.3) is 10.0 Å². The highest BCUT2D eigenvalue weighted by Crippen LogP contribution is 2.22. The molecule has 0 aliphatic heterocycles. The second-order valence-electron chi connectivity index (χ2n) is 6.21. The van der Waals surface area contributed by atoms with E-state index in [1.807, 2.05) is 11.6 Å². The molecule has 0 unspecified atom stereocenters. The third kappa shape index (κ3) is 4.82. The van der Waals surface area contributed by atoms with Crippen LogP contribution >= 0.6 is 0 Å². The molecule has 0 aromatic heterocycles. The molecule has 150 valence electrons. The molecule has 29 heavy (non-hydrogen) atoms. The summed E-state index contributed by atoms with van der Waals surface area (Å²) in [6.07, 6.45) is 0. The zero-order valence-corrected chi connectivity index (χ0v) is 17.0. The van der Waals surface area contributed by atoms with Crippen LogP contribution in [0.1, 0.15) is 5.56 Å². The molecule has 0 heterocycles. The molecule has 0 spiro atoms. The van der Waals surface area contributed by atoms with E-state index in [9.17, 15) is 21.6 Å². The normalized spacial score (nSPS) is 11.6. The molecule has 0 saturated heterocycles. The average Bonchev–Trinajstić information content (AvgIpc) is 2.69. The van der Waals surface area contributed by atoms with Crippen molar-refractivity contribution >= 4 is 31.6 Å². The van der Waals surface area contributed by atoms with Crippen LogP contribution in [0, 0.1) is 6.92 Å². The second kappa shape index (κ2) is 8.06. The van der Waals surface area contributed by atoms with Crippen molar-refractivity contribution in [1.29, 1.82) is 0 Å². The number of hydrogen-bond donors (Lipinski definition) is 2. The van der Waals surface area contributed by atoms with Crippen molar-refractivity contribution in [3.05, 3.63) is 84.4 Å². The molecule has 0 bridgehead atoms. The average molecular weight is 431 g/mol. The summed E-state index contributed by atoms with van der Waals surface area (Å²) in [5, 5.41) is 2.37. The molecular formula is C20H18N2O5S2. The van der Waals surface area contributed by atoms with Crippen LogP contribution in [0.2, 0.25) is 0 Å². The first-order chi connectivity index (χ1) is 13.7. The van der Waals surface area contributed by atoms with Crippen LogP contribution < -0.4 is 10.0 Å². The summed E-state index contributed by atoms with van der Waals surface area (Å²) in [4.78, 5) is 12.2. The topological polar surface area (TPSA) is 109 Å². The standard InChI is InChI=1S/C20H18N2O5S2/c1-15-7-11-19(12-8-15)29(26,27)22-20(23)21-16-9-13-18(14-10-16)28(24,25)17-5-3-2-4-6-17/h2-14H,1H3,(H2,21,22,23). The molecule has 2 amide bonds. The van der Waals surface area contributed by atoms with Crippen molar-refractivity contribution in [1.82, 2.24) is 4.72 Å². The van der Waals surface area contributed by atoms with Crippen molar-refractivity contribution in [3.63, 3.8) is 0 Å². The molecule has 0 saturated carbocycles. The molecule has 3 aromatic carbocycles. The van der Waals surface area contributed by atoms with Crippen LogP contribution in [0.3, 0.4) is 0 Å². The summed E-state index contributed by atoms with van der Waals surface area (Å²) in [6.45, 7) is 1.82. The van der Waals surface area contributed by atoms with Gasteiger partial charge in [-0.15, -0.1) is 0 Å². The first-order valence-corrected chi connectivity index (χ1v) is 11.5. The van der Waals surface area contributed by atoms with E-state index in [-0.39, 0.29) is 20.4 Å². The molecule has 2 N–H and O–H groups in total. The molecule has 3 aromatic rings. The minimum atomic E-state index is -4.02. The van der Waals surface area contributed by atoms with Crippen LogP contribution in [0.5, 0.6) is 0 Å². The lowest BCUT2D eigenvalue weighted by molar-refractivity contribution is 0.256. The first kappa shape index (κ1) is 20.6. The Morgan fingerprint density at radius 2 is 1.21 bits per heavy atom. The van der Waals surface area contributed by atoms with Crippen LogP contribution in [-0.2, 0) is 19.9 Å². The van der Waals surface area contributed by atoms with Crippen molar-refractivity contribution in [2.24, 2.45) is 0 Å². The van der Waals surface area contributed by atoms with E-state index in [4.69, 9.17) is 0 Å². The van der Waals surface area contributed by atoms with Gasteiger partial charge in [0.05, 0.1) is 14.7 Å². The highest BCUT2D eigenvalue weighted by atomic mass is 32.2. The Morgan fingerprint density at radius 3 is 1.79 bits per heavy atom. The van der Waals surface area contributed by atoms with Crippen molar-refractivity contribution in [2.45, 2.75) is 21.6 Å². The number of carbonyl (C=O) groups is 1. The fraction of sp³-hybridized carbons (Fsp3) is 0.0500. The molecule has 0 atom stereocenters. The van der Waals surface area contributed by atoms with E-state index < -0.39 is 25.9 Å². The van der Waals surface area contributed by atoms with Crippen LogP contribution in [-0.4, -0.2) is 22.9 Å². The third-order valence-corrected chi connectivity index (χ3v) is 7.17. The van der Waals surface area contributed by atoms with Gasteiger partial charge in [-0.3, -0.25) is 0 Å². The molecule has 0 radical (unpaired) electrons. The number of sulfonamides is 1. The number of nitrogens with one attached hydrogen (secondary N) is 2. The van der Waals surface area contributed by atoms with Gasteiger partial charge in [-0.1, -0.05) is 35.9 Å². The van der Waals surface area contributed by atoms with Crippen molar-refractivity contribution in [3.8, 4) is 0 Å². The lowest BCUT2D eigenvalue weighted by Gasteiger charge is -2.10. The van der Waals surface area contributed by atoms with E-state index >= 15 is 0 Å². The number of amides is 2. The summed E-state index contributed by atoms with van der Waals surface area (Å²) >= 11 is 0. The summed E-state index contributed by atoms with van der Waals surface area (Å²) < 4.78 is 51.5. The highest BCUT2D eigenvalue weighted by molar-refractivity contribution is 7.91. The molecule has 0 fully saturated rings. The Morgan fingerprint density at radius 1 is 0.690 bits per heavy atom. The molecule has 7 nitrogen and oxygen atoms in total. The molecule has 3 rings (SSSR count). The molecule has 0 aliphatic rings. The van der Waals surface area contributed by atoms with Gasteiger partial charge in [0, 0.05) is 5.69 Å². The predicted octanol–water partition coefficient (Wildman–Crippen LogP) is 3.34. The third-order valence-electron chi connectivity index (χ3n) is 4.03. The van der Waals surface area contributed by atoms with Crippen molar-refractivity contribution in [2.75, 3.05) is 5.32 Å².